The maximum Gasteiger partial charge on any atom is 0.261 e. The molecule has 5 nitrogen and oxygen atoms in total. The van der Waals surface area contributed by atoms with Gasteiger partial charge in [0, 0.05) is 39.5 Å². The number of nitrogens with zero attached hydrogens (tertiary/aromatic N) is 1. The number of ether oxygens (including phenoxy) is 1. The lowest BCUT2D eigenvalue weighted by Crippen LogP contribution is -2.55. The molecule has 0 saturated heterocycles. The Morgan fingerprint density at radius 3 is 2.15 bits per heavy atom. The number of hydrogen-bond acceptors (Lipinski definition) is 3. The number of carbonyl (C=O) groups is 2. The summed E-state index contributed by atoms with van der Waals surface area (Å²) < 4.78 is 6.05. The molecule has 0 heterocycles. The van der Waals surface area contributed by atoms with Gasteiger partial charge in [0.15, 0.2) is 6.61 Å². The number of amides is 2. The lowest BCUT2D eigenvalue weighted by atomic mass is 10.0. The SMILES string of the molecule is CC(C)(C)NC(=O)C(Cc1ccccc1)N(Cc1c(Cl)cccc1Cl)C(=O)COc1cccc2ccccc12. The zero-order valence-corrected chi connectivity index (χ0v) is 23.8. The molecule has 4 rings (SSSR count). The molecule has 0 bridgehead atoms. The van der Waals surface area contributed by atoms with Crippen molar-refractivity contribution in [2.75, 3.05) is 6.61 Å². The molecular weight excluding hydrogens is 531 g/mol. The van der Waals surface area contributed by atoms with E-state index in [0.717, 1.165) is 16.3 Å². The molecule has 7 heteroatoms. The van der Waals surface area contributed by atoms with Crippen LogP contribution >= 0.6 is 23.2 Å². The molecule has 0 aromatic heterocycles. The van der Waals surface area contributed by atoms with Crippen molar-refractivity contribution in [2.45, 2.75) is 45.3 Å². The molecule has 0 spiro atoms. The number of hydrogen-bond donors (Lipinski definition) is 1. The second-order valence-electron chi connectivity index (χ2n) is 10.4. The van der Waals surface area contributed by atoms with E-state index in [1.807, 2.05) is 93.6 Å². The topological polar surface area (TPSA) is 58.6 Å². The molecule has 39 heavy (non-hydrogen) atoms. The zero-order chi connectivity index (χ0) is 28.0. The van der Waals surface area contributed by atoms with E-state index in [2.05, 4.69) is 5.32 Å². The Bertz CT molecular complexity index is 1430. The van der Waals surface area contributed by atoms with Crippen molar-refractivity contribution in [1.82, 2.24) is 10.2 Å². The third-order valence-electron chi connectivity index (χ3n) is 6.26. The molecule has 1 N–H and O–H groups in total. The summed E-state index contributed by atoms with van der Waals surface area (Å²) >= 11 is 13.0. The van der Waals surface area contributed by atoms with Crippen LogP contribution in [0.3, 0.4) is 0 Å². The van der Waals surface area contributed by atoms with Crippen molar-refractivity contribution in [3.63, 3.8) is 0 Å². The summed E-state index contributed by atoms with van der Waals surface area (Å²) in [4.78, 5) is 29.1. The molecule has 4 aromatic carbocycles. The molecule has 1 atom stereocenters. The first-order chi connectivity index (χ1) is 18.6. The van der Waals surface area contributed by atoms with E-state index < -0.39 is 11.6 Å². The van der Waals surface area contributed by atoms with Gasteiger partial charge in [0.25, 0.3) is 5.91 Å². The molecule has 0 fully saturated rings. The minimum absolute atomic E-state index is 0.0469. The van der Waals surface area contributed by atoms with Crippen LogP contribution in [0.25, 0.3) is 10.8 Å². The van der Waals surface area contributed by atoms with Crippen molar-refractivity contribution in [2.24, 2.45) is 0 Å². The predicted octanol–water partition coefficient (Wildman–Crippen LogP) is 7.08. The van der Waals surface area contributed by atoms with Crippen LogP contribution in [0, 0.1) is 0 Å². The number of halogens is 2. The van der Waals surface area contributed by atoms with Gasteiger partial charge in [-0.15, -0.1) is 0 Å². The Labute approximate surface area is 239 Å². The standard InChI is InChI=1S/C32H32Cl2N2O3/c1-32(2,3)35-31(38)28(19-22-11-5-4-6-12-22)36(20-25-26(33)16-10-17-27(25)34)30(37)21-39-29-18-9-14-23-13-7-8-15-24(23)29/h4-18,28H,19-21H2,1-3H3,(H,35,38). The average molecular weight is 564 g/mol. The summed E-state index contributed by atoms with van der Waals surface area (Å²) in [6.07, 6.45) is 0.310. The van der Waals surface area contributed by atoms with Crippen molar-refractivity contribution in [3.05, 3.63) is 112 Å². The summed E-state index contributed by atoms with van der Waals surface area (Å²) in [6.45, 7) is 5.51. The van der Waals surface area contributed by atoms with Gasteiger partial charge in [-0.05, 0) is 49.9 Å². The van der Waals surface area contributed by atoms with E-state index in [9.17, 15) is 9.59 Å². The highest BCUT2D eigenvalue weighted by Gasteiger charge is 2.33. The summed E-state index contributed by atoms with van der Waals surface area (Å²) in [6, 6.07) is 27.5. The van der Waals surface area contributed by atoms with Crippen LogP contribution in [0.4, 0.5) is 0 Å². The van der Waals surface area contributed by atoms with Crippen LogP contribution in [0.2, 0.25) is 10.0 Å². The Morgan fingerprint density at radius 1 is 0.846 bits per heavy atom. The fourth-order valence-electron chi connectivity index (χ4n) is 4.40. The van der Waals surface area contributed by atoms with Gasteiger partial charge >= 0.3 is 0 Å². The van der Waals surface area contributed by atoms with E-state index in [-0.39, 0.29) is 25.0 Å². The van der Waals surface area contributed by atoms with Crippen LogP contribution in [-0.2, 0) is 22.6 Å². The van der Waals surface area contributed by atoms with Gasteiger partial charge in [0.05, 0.1) is 0 Å². The average Bonchev–Trinajstić information content (AvgIpc) is 2.90. The van der Waals surface area contributed by atoms with E-state index in [0.29, 0.717) is 27.8 Å². The second-order valence-corrected chi connectivity index (χ2v) is 11.2. The number of carbonyl (C=O) groups excluding carboxylic acids is 2. The summed E-state index contributed by atoms with van der Waals surface area (Å²) in [5.74, 6) is -0.0344. The van der Waals surface area contributed by atoms with E-state index in [1.165, 1.54) is 4.90 Å². The van der Waals surface area contributed by atoms with E-state index in [1.54, 1.807) is 18.2 Å². The smallest absolute Gasteiger partial charge is 0.261 e. The molecule has 4 aromatic rings. The van der Waals surface area contributed by atoms with Crippen molar-refractivity contribution < 1.29 is 14.3 Å². The van der Waals surface area contributed by atoms with Gasteiger partial charge in [-0.1, -0.05) is 96.0 Å². The lowest BCUT2D eigenvalue weighted by molar-refractivity contribution is -0.143. The van der Waals surface area contributed by atoms with Crippen molar-refractivity contribution in [3.8, 4) is 5.75 Å². The maximum atomic E-state index is 13.9. The fourth-order valence-corrected chi connectivity index (χ4v) is 4.92. The Balaban J connectivity index is 1.70. The molecular formula is C32H32Cl2N2O3. The quantitative estimate of drug-likeness (QED) is 0.237. The third-order valence-corrected chi connectivity index (χ3v) is 6.97. The molecule has 0 aliphatic carbocycles. The first kappa shape index (κ1) is 28.5. The van der Waals surface area contributed by atoms with Crippen molar-refractivity contribution in [1.29, 1.82) is 0 Å². The number of rotatable bonds is 9. The van der Waals surface area contributed by atoms with Crippen LogP contribution < -0.4 is 10.1 Å². The highest BCUT2D eigenvalue weighted by Crippen LogP contribution is 2.28. The molecule has 202 valence electrons. The lowest BCUT2D eigenvalue weighted by Gasteiger charge is -2.34. The number of nitrogens with one attached hydrogen (secondary N) is 1. The molecule has 0 saturated carbocycles. The van der Waals surface area contributed by atoms with E-state index in [4.69, 9.17) is 27.9 Å². The highest BCUT2D eigenvalue weighted by atomic mass is 35.5. The predicted molar refractivity (Wildman–Crippen MR) is 158 cm³/mol. The first-order valence-corrected chi connectivity index (χ1v) is 13.6. The van der Waals surface area contributed by atoms with Crippen LogP contribution in [0.5, 0.6) is 5.75 Å². The van der Waals surface area contributed by atoms with Gasteiger partial charge < -0.3 is 15.0 Å². The second kappa shape index (κ2) is 12.5. The number of fused-ring (bicyclic) bond motifs is 1. The minimum atomic E-state index is -0.831. The summed E-state index contributed by atoms with van der Waals surface area (Å²) in [5.41, 5.74) is 0.993. The molecule has 2 amide bonds. The molecule has 1 unspecified atom stereocenters. The minimum Gasteiger partial charge on any atom is -0.483 e. The first-order valence-electron chi connectivity index (χ1n) is 12.8. The van der Waals surface area contributed by atoms with E-state index >= 15 is 0 Å². The highest BCUT2D eigenvalue weighted by molar-refractivity contribution is 6.36. The van der Waals surface area contributed by atoms with Gasteiger partial charge in [0.2, 0.25) is 5.91 Å². The van der Waals surface area contributed by atoms with Crippen LogP contribution in [-0.4, -0.2) is 34.9 Å². The largest absolute Gasteiger partial charge is 0.483 e. The third kappa shape index (κ3) is 7.53. The van der Waals surface area contributed by atoms with Gasteiger partial charge in [-0.25, -0.2) is 0 Å². The monoisotopic (exact) mass is 562 g/mol. The Kier molecular flexibility index (Phi) is 9.16. The van der Waals surface area contributed by atoms with Gasteiger partial charge in [-0.2, -0.15) is 0 Å². The maximum absolute atomic E-state index is 13.9. The van der Waals surface area contributed by atoms with Crippen LogP contribution in [0.1, 0.15) is 31.9 Å². The van der Waals surface area contributed by atoms with Gasteiger partial charge in [-0.3, -0.25) is 9.59 Å². The molecule has 0 aliphatic rings. The summed E-state index contributed by atoms with van der Waals surface area (Å²) in [5, 5.41) is 5.80. The number of benzene rings is 4. The molecule has 0 aliphatic heterocycles. The van der Waals surface area contributed by atoms with Gasteiger partial charge in [0.1, 0.15) is 11.8 Å². The molecule has 0 radical (unpaired) electrons. The Hall–Kier alpha value is -3.54. The fraction of sp³-hybridized carbons (Fsp3) is 0.250. The van der Waals surface area contributed by atoms with Crippen molar-refractivity contribution >= 4 is 45.8 Å². The zero-order valence-electron chi connectivity index (χ0n) is 22.3. The van der Waals surface area contributed by atoms with Crippen LogP contribution in [0.15, 0.2) is 91.0 Å². The normalized spacial score (nSPS) is 12.1. The Morgan fingerprint density at radius 2 is 1.46 bits per heavy atom. The summed E-state index contributed by atoms with van der Waals surface area (Å²) in [7, 11) is 0.